The molecule has 1 N–H and O–H groups in total. The summed E-state index contributed by atoms with van der Waals surface area (Å²) < 4.78 is 30.5. The molecule has 0 aliphatic carbocycles. The van der Waals surface area contributed by atoms with Crippen LogP contribution in [0.1, 0.15) is 29.8 Å². The number of non-ortho nitro benzene ring substituents is 1. The first-order chi connectivity index (χ1) is 14.5. The minimum atomic E-state index is -3.94. The predicted molar refractivity (Wildman–Crippen MR) is 116 cm³/mol. The molecule has 166 valence electrons. The van der Waals surface area contributed by atoms with Crippen LogP contribution in [0.3, 0.4) is 0 Å². The number of carbonyl (C=O) groups is 2. The Kier molecular flexibility index (Phi) is 7.34. The van der Waals surface area contributed by atoms with Gasteiger partial charge in [-0.05, 0) is 50.6 Å². The van der Waals surface area contributed by atoms with E-state index >= 15 is 0 Å². The van der Waals surface area contributed by atoms with Crippen molar-refractivity contribution in [1.29, 1.82) is 0 Å². The summed E-state index contributed by atoms with van der Waals surface area (Å²) in [4.78, 5) is 35.1. The molecule has 0 fully saturated rings. The van der Waals surface area contributed by atoms with E-state index < -0.39 is 32.9 Å². The van der Waals surface area contributed by atoms with Crippen LogP contribution >= 0.6 is 0 Å². The average Bonchev–Trinajstić information content (AvgIpc) is 2.68. The highest BCUT2D eigenvalue weighted by Crippen LogP contribution is 2.26. The molecule has 2 aromatic rings. The van der Waals surface area contributed by atoms with E-state index in [0.717, 1.165) is 16.6 Å². The lowest BCUT2D eigenvalue weighted by Crippen LogP contribution is -2.45. The Hall–Kier alpha value is -3.47. The van der Waals surface area contributed by atoms with Gasteiger partial charge in [-0.15, -0.1) is 0 Å². The van der Waals surface area contributed by atoms with Gasteiger partial charge in [0.2, 0.25) is 15.9 Å². The standard InChI is InChI=1S/C20H23N3O7S/c1-5-30-20(25)15-9-10-18(13(2)11-15)21-19(24)14(3)22(31(4,28)29)16-7-6-8-17(12-16)23(26)27/h6-12,14H,5H2,1-4H3,(H,21,24). The number of benzene rings is 2. The van der Waals surface area contributed by atoms with Gasteiger partial charge in [0.15, 0.2) is 0 Å². The Labute approximate surface area is 180 Å². The maximum Gasteiger partial charge on any atom is 0.338 e. The van der Waals surface area contributed by atoms with Crippen LogP contribution in [0.25, 0.3) is 0 Å². The van der Waals surface area contributed by atoms with Crippen LogP contribution in [0.15, 0.2) is 42.5 Å². The Morgan fingerprint density at radius 3 is 2.45 bits per heavy atom. The van der Waals surface area contributed by atoms with Crippen LogP contribution in [0, 0.1) is 17.0 Å². The Balaban J connectivity index is 2.32. The van der Waals surface area contributed by atoms with Crippen molar-refractivity contribution < 1.29 is 27.7 Å². The fourth-order valence-electron chi connectivity index (χ4n) is 2.93. The molecule has 11 heteroatoms. The number of anilines is 2. The van der Waals surface area contributed by atoms with Gasteiger partial charge >= 0.3 is 5.97 Å². The van der Waals surface area contributed by atoms with Crippen molar-refractivity contribution in [2.45, 2.75) is 26.8 Å². The Morgan fingerprint density at radius 2 is 1.90 bits per heavy atom. The van der Waals surface area contributed by atoms with Gasteiger partial charge in [0.25, 0.3) is 5.69 Å². The van der Waals surface area contributed by atoms with E-state index in [9.17, 15) is 28.1 Å². The maximum atomic E-state index is 12.8. The zero-order chi connectivity index (χ0) is 23.3. The average molecular weight is 449 g/mol. The smallest absolute Gasteiger partial charge is 0.338 e. The minimum absolute atomic E-state index is 0.00580. The molecule has 0 aliphatic rings. The minimum Gasteiger partial charge on any atom is -0.462 e. The molecule has 0 saturated carbocycles. The number of hydrogen-bond acceptors (Lipinski definition) is 7. The van der Waals surface area contributed by atoms with Crippen molar-refractivity contribution in [1.82, 2.24) is 0 Å². The van der Waals surface area contributed by atoms with Crippen LogP contribution in [-0.4, -0.2) is 44.1 Å². The van der Waals surface area contributed by atoms with Crippen molar-refractivity contribution in [3.8, 4) is 0 Å². The molecule has 0 bridgehead atoms. The number of ether oxygens (including phenoxy) is 1. The predicted octanol–water partition coefficient (Wildman–Crippen LogP) is 2.87. The van der Waals surface area contributed by atoms with Gasteiger partial charge in [0.05, 0.1) is 29.0 Å². The highest BCUT2D eigenvalue weighted by atomic mass is 32.2. The van der Waals surface area contributed by atoms with E-state index in [0.29, 0.717) is 16.8 Å². The summed E-state index contributed by atoms with van der Waals surface area (Å²) in [6.45, 7) is 4.97. The molecule has 31 heavy (non-hydrogen) atoms. The van der Waals surface area contributed by atoms with Gasteiger partial charge in [-0.1, -0.05) is 6.07 Å². The fourth-order valence-corrected chi connectivity index (χ4v) is 4.10. The molecule has 1 atom stereocenters. The number of aryl methyl sites for hydroxylation is 1. The van der Waals surface area contributed by atoms with Gasteiger partial charge in [-0.3, -0.25) is 19.2 Å². The third-order valence-corrected chi connectivity index (χ3v) is 5.62. The summed E-state index contributed by atoms with van der Waals surface area (Å²) in [6, 6.07) is 8.37. The van der Waals surface area contributed by atoms with Crippen LogP contribution in [0.5, 0.6) is 0 Å². The maximum absolute atomic E-state index is 12.8. The molecule has 0 aliphatic heterocycles. The molecular formula is C20H23N3O7S. The van der Waals surface area contributed by atoms with Crippen molar-refractivity contribution in [2.75, 3.05) is 22.5 Å². The number of amides is 1. The van der Waals surface area contributed by atoms with Gasteiger partial charge < -0.3 is 10.1 Å². The molecule has 0 spiro atoms. The number of nitro benzene ring substituents is 1. The second kappa shape index (κ2) is 9.56. The molecule has 2 aromatic carbocycles. The van der Waals surface area contributed by atoms with Gasteiger partial charge in [0.1, 0.15) is 6.04 Å². The number of sulfonamides is 1. The largest absolute Gasteiger partial charge is 0.462 e. The first-order valence-electron chi connectivity index (χ1n) is 9.28. The normalized spacial score (nSPS) is 12.0. The summed E-state index contributed by atoms with van der Waals surface area (Å²) in [7, 11) is -3.94. The van der Waals surface area contributed by atoms with Crippen LogP contribution in [0.2, 0.25) is 0 Å². The first-order valence-corrected chi connectivity index (χ1v) is 11.1. The lowest BCUT2D eigenvalue weighted by atomic mass is 10.1. The van der Waals surface area contributed by atoms with Crippen LogP contribution < -0.4 is 9.62 Å². The molecule has 1 unspecified atom stereocenters. The van der Waals surface area contributed by atoms with E-state index in [-0.39, 0.29) is 18.0 Å². The van der Waals surface area contributed by atoms with Crippen molar-refractivity contribution >= 4 is 39.0 Å². The number of nitrogens with one attached hydrogen (secondary N) is 1. The molecule has 0 aromatic heterocycles. The summed E-state index contributed by atoms with van der Waals surface area (Å²) >= 11 is 0. The topological polar surface area (TPSA) is 136 Å². The monoisotopic (exact) mass is 449 g/mol. The summed E-state index contributed by atoms with van der Waals surface area (Å²) in [5.41, 5.74) is 0.974. The van der Waals surface area contributed by atoms with Gasteiger partial charge in [-0.2, -0.15) is 0 Å². The van der Waals surface area contributed by atoms with E-state index in [2.05, 4.69) is 5.32 Å². The first kappa shape index (κ1) is 23.8. The summed E-state index contributed by atoms with van der Waals surface area (Å²) in [5, 5.41) is 13.7. The van der Waals surface area contributed by atoms with E-state index in [1.54, 1.807) is 19.9 Å². The number of esters is 1. The van der Waals surface area contributed by atoms with Crippen molar-refractivity contribution in [3.05, 3.63) is 63.7 Å². The quantitative estimate of drug-likeness (QED) is 0.372. The van der Waals surface area contributed by atoms with Crippen LogP contribution in [0.4, 0.5) is 17.1 Å². The zero-order valence-corrected chi connectivity index (χ0v) is 18.3. The highest BCUT2D eigenvalue weighted by molar-refractivity contribution is 7.92. The van der Waals surface area contributed by atoms with E-state index in [4.69, 9.17) is 4.74 Å². The third-order valence-electron chi connectivity index (χ3n) is 4.38. The second-order valence-electron chi connectivity index (χ2n) is 6.75. The van der Waals surface area contributed by atoms with Gasteiger partial charge in [-0.25, -0.2) is 13.2 Å². The Morgan fingerprint density at radius 1 is 1.23 bits per heavy atom. The molecule has 10 nitrogen and oxygen atoms in total. The molecule has 0 saturated heterocycles. The van der Waals surface area contributed by atoms with Crippen molar-refractivity contribution in [2.24, 2.45) is 0 Å². The third kappa shape index (κ3) is 5.79. The number of rotatable bonds is 8. The van der Waals surface area contributed by atoms with Crippen LogP contribution in [-0.2, 0) is 19.6 Å². The number of nitrogens with zero attached hydrogens (tertiary/aromatic N) is 2. The fraction of sp³-hybridized carbons (Fsp3) is 0.300. The molecule has 2 rings (SSSR count). The molecular weight excluding hydrogens is 426 g/mol. The summed E-state index contributed by atoms with van der Waals surface area (Å²) in [6.07, 6.45) is 0.912. The van der Waals surface area contributed by atoms with Gasteiger partial charge in [0, 0.05) is 17.8 Å². The molecule has 1 amide bonds. The number of nitro groups is 1. The lowest BCUT2D eigenvalue weighted by Gasteiger charge is -2.28. The lowest BCUT2D eigenvalue weighted by molar-refractivity contribution is -0.384. The number of hydrogen-bond donors (Lipinski definition) is 1. The molecule has 0 radical (unpaired) electrons. The number of carbonyl (C=O) groups excluding carboxylic acids is 2. The van der Waals surface area contributed by atoms with E-state index in [1.807, 2.05) is 0 Å². The SMILES string of the molecule is CCOC(=O)c1ccc(NC(=O)C(C)N(c2cccc([N+](=O)[O-])c2)S(C)(=O)=O)c(C)c1. The zero-order valence-electron chi connectivity index (χ0n) is 17.5. The Bertz CT molecular complexity index is 1120. The molecule has 0 heterocycles. The van der Waals surface area contributed by atoms with Crippen molar-refractivity contribution in [3.63, 3.8) is 0 Å². The summed E-state index contributed by atoms with van der Waals surface area (Å²) in [5.74, 6) is -1.14. The van der Waals surface area contributed by atoms with E-state index in [1.165, 1.54) is 37.3 Å². The second-order valence-corrected chi connectivity index (χ2v) is 8.61. The highest BCUT2D eigenvalue weighted by Gasteiger charge is 2.30.